The van der Waals surface area contributed by atoms with E-state index in [0.717, 1.165) is 6.07 Å². The van der Waals surface area contributed by atoms with Gasteiger partial charge in [-0.15, -0.1) is 10.2 Å². The van der Waals surface area contributed by atoms with Crippen molar-refractivity contribution in [2.24, 2.45) is 0 Å². The number of carbonyl (C=O) groups excluding carboxylic acids is 3. The molecule has 0 aliphatic heterocycles. The zero-order valence-corrected chi connectivity index (χ0v) is 21.6. The lowest BCUT2D eigenvalue weighted by Gasteiger charge is -2.14. The third-order valence-corrected chi connectivity index (χ3v) is 5.56. The second-order valence-corrected chi connectivity index (χ2v) is 8.95. The molecule has 14 heteroatoms. The van der Waals surface area contributed by atoms with Crippen molar-refractivity contribution in [3.05, 3.63) is 83.9 Å². The topological polar surface area (TPSA) is 128 Å². The molecule has 0 aliphatic carbocycles. The molecule has 0 aliphatic rings. The highest BCUT2D eigenvalue weighted by Crippen LogP contribution is 2.30. The molecule has 2 N–H and O–H groups in total. The van der Waals surface area contributed by atoms with Crippen LogP contribution in [-0.2, 0) is 16.0 Å². The van der Waals surface area contributed by atoms with Gasteiger partial charge in [0.15, 0.2) is 17.4 Å². The van der Waals surface area contributed by atoms with E-state index in [2.05, 4.69) is 30.6 Å². The molecule has 2 heterocycles. The van der Waals surface area contributed by atoms with Gasteiger partial charge in [0, 0.05) is 17.8 Å². The van der Waals surface area contributed by atoms with Crippen LogP contribution in [0, 0.1) is 5.82 Å². The number of aromatic nitrogens is 4. The average molecular weight is 571 g/mol. The van der Waals surface area contributed by atoms with Gasteiger partial charge in [-0.1, -0.05) is 36.4 Å². The van der Waals surface area contributed by atoms with E-state index in [-0.39, 0.29) is 24.0 Å². The fourth-order valence-electron chi connectivity index (χ4n) is 3.67. The minimum Gasteiger partial charge on any atom is -0.417 e. The number of nitrogens with zero attached hydrogens (tertiary/aromatic N) is 4. The monoisotopic (exact) mass is 570 g/mol. The quantitative estimate of drug-likeness (QED) is 0.174. The third-order valence-electron chi connectivity index (χ3n) is 5.56. The number of pyridine rings is 1. The first-order valence-corrected chi connectivity index (χ1v) is 12.1. The normalized spacial score (nSPS) is 11.3. The number of hydrogen-bond acceptors (Lipinski definition) is 7. The van der Waals surface area contributed by atoms with Gasteiger partial charge in [0.1, 0.15) is 17.8 Å². The van der Waals surface area contributed by atoms with Gasteiger partial charge < -0.3 is 19.9 Å². The zero-order chi connectivity index (χ0) is 29.7. The standard InChI is InChI=1S/C27H22F4N6O4/c1-15(2)37-14-32-36-24(37)19-9-6-10-21(34-19)35-25(39)18-12-17(33-22(38)11-16-7-4-3-5-8-16)13-20(23(18)28)41-26(40)27(29,30)31/h3-10,12-15H,11H2,1-2H3,(H,33,38)(H,34,35,39). The van der Waals surface area contributed by atoms with Crippen LogP contribution in [0.3, 0.4) is 0 Å². The highest BCUT2D eigenvalue weighted by Gasteiger charge is 2.42. The van der Waals surface area contributed by atoms with Crippen LogP contribution < -0.4 is 15.4 Å². The summed E-state index contributed by atoms with van der Waals surface area (Å²) in [6.45, 7) is 3.80. The van der Waals surface area contributed by atoms with Gasteiger partial charge in [-0.05, 0) is 37.6 Å². The molecule has 4 aromatic rings. The number of anilines is 2. The molecule has 0 bridgehead atoms. The number of hydrogen-bond donors (Lipinski definition) is 2. The first kappa shape index (κ1) is 28.9. The summed E-state index contributed by atoms with van der Waals surface area (Å²) < 4.78 is 59.6. The molecule has 0 spiro atoms. The molecule has 0 saturated heterocycles. The maximum atomic E-state index is 15.2. The van der Waals surface area contributed by atoms with Crippen LogP contribution in [0.5, 0.6) is 5.75 Å². The van der Waals surface area contributed by atoms with E-state index >= 15 is 4.39 Å². The van der Waals surface area contributed by atoms with Gasteiger partial charge in [-0.2, -0.15) is 13.2 Å². The van der Waals surface area contributed by atoms with Crippen molar-refractivity contribution in [3.8, 4) is 17.3 Å². The molecule has 10 nitrogen and oxygen atoms in total. The summed E-state index contributed by atoms with van der Waals surface area (Å²) in [5.41, 5.74) is -0.150. The summed E-state index contributed by atoms with van der Waals surface area (Å²) in [5.74, 6) is -6.88. The minimum absolute atomic E-state index is 0.00758. The second kappa shape index (κ2) is 11.9. The number of alkyl halides is 3. The fourth-order valence-corrected chi connectivity index (χ4v) is 3.67. The van der Waals surface area contributed by atoms with E-state index in [1.807, 2.05) is 13.8 Å². The van der Waals surface area contributed by atoms with Gasteiger partial charge >= 0.3 is 12.1 Å². The smallest absolute Gasteiger partial charge is 0.417 e. The maximum absolute atomic E-state index is 15.2. The largest absolute Gasteiger partial charge is 0.491 e. The van der Waals surface area contributed by atoms with E-state index in [9.17, 15) is 27.6 Å². The SMILES string of the molecule is CC(C)n1cnnc1-c1cccc(NC(=O)c2cc(NC(=O)Cc3ccccc3)cc(OC(=O)C(F)(F)F)c2F)n1. The predicted molar refractivity (Wildman–Crippen MR) is 138 cm³/mol. The van der Waals surface area contributed by atoms with Crippen molar-refractivity contribution in [2.45, 2.75) is 32.5 Å². The van der Waals surface area contributed by atoms with Crippen LogP contribution in [0.2, 0.25) is 0 Å². The van der Waals surface area contributed by atoms with Crippen LogP contribution in [0.1, 0.15) is 35.8 Å². The molecule has 2 amide bonds. The number of amides is 2. The van der Waals surface area contributed by atoms with Gasteiger partial charge in [0.05, 0.1) is 12.0 Å². The van der Waals surface area contributed by atoms with Crippen molar-refractivity contribution in [1.82, 2.24) is 19.7 Å². The summed E-state index contributed by atoms with van der Waals surface area (Å²) in [7, 11) is 0. The Morgan fingerprint density at radius 2 is 1.73 bits per heavy atom. The lowest BCUT2D eigenvalue weighted by molar-refractivity contribution is -0.189. The first-order chi connectivity index (χ1) is 19.4. The Hall–Kier alpha value is -5.14. The van der Waals surface area contributed by atoms with Crippen molar-refractivity contribution >= 4 is 29.3 Å². The number of carbonyl (C=O) groups is 3. The zero-order valence-electron chi connectivity index (χ0n) is 21.6. The highest BCUT2D eigenvalue weighted by atomic mass is 19.4. The molecular formula is C27H22F4N6O4. The molecule has 0 fully saturated rings. The van der Waals surface area contributed by atoms with Crippen LogP contribution >= 0.6 is 0 Å². The Morgan fingerprint density at radius 3 is 2.41 bits per heavy atom. The summed E-state index contributed by atoms with van der Waals surface area (Å²) in [6.07, 6.45) is -4.07. The summed E-state index contributed by atoms with van der Waals surface area (Å²) in [4.78, 5) is 41.3. The predicted octanol–water partition coefficient (Wildman–Crippen LogP) is 4.96. The molecule has 0 radical (unpaired) electrons. The highest BCUT2D eigenvalue weighted by molar-refractivity contribution is 6.06. The summed E-state index contributed by atoms with van der Waals surface area (Å²) in [5, 5.41) is 12.6. The molecule has 2 aromatic heterocycles. The third kappa shape index (κ3) is 7.09. The van der Waals surface area contributed by atoms with E-state index in [0.29, 0.717) is 23.1 Å². The maximum Gasteiger partial charge on any atom is 0.491 e. The molecule has 212 valence electrons. The number of esters is 1. The fraction of sp³-hybridized carbons (Fsp3) is 0.185. The van der Waals surface area contributed by atoms with E-state index in [4.69, 9.17) is 0 Å². The van der Waals surface area contributed by atoms with Crippen molar-refractivity contribution in [2.75, 3.05) is 10.6 Å². The van der Waals surface area contributed by atoms with Gasteiger partial charge in [0.2, 0.25) is 5.91 Å². The number of benzene rings is 2. The first-order valence-electron chi connectivity index (χ1n) is 12.1. The van der Waals surface area contributed by atoms with Gasteiger partial charge in [-0.3, -0.25) is 9.59 Å². The van der Waals surface area contributed by atoms with E-state index in [1.165, 1.54) is 12.4 Å². The van der Waals surface area contributed by atoms with Crippen molar-refractivity contribution in [1.29, 1.82) is 0 Å². The van der Waals surface area contributed by atoms with E-state index in [1.54, 1.807) is 47.0 Å². The van der Waals surface area contributed by atoms with Crippen LogP contribution in [0.15, 0.2) is 67.0 Å². The molecule has 0 unspecified atom stereocenters. The Labute approximate surface area is 230 Å². The number of halogens is 4. The van der Waals surface area contributed by atoms with Gasteiger partial charge in [-0.25, -0.2) is 14.2 Å². The Kier molecular flexibility index (Phi) is 8.40. The molecule has 41 heavy (non-hydrogen) atoms. The molecule has 0 atom stereocenters. The number of ether oxygens (including phenoxy) is 1. The second-order valence-electron chi connectivity index (χ2n) is 8.95. The molecular weight excluding hydrogens is 548 g/mol. The number of nitrogens with one attached hydrogen (secondary N) is 2. The Morgan fingerprint density at radius 1 is 1.00 bits per heavy atom. The van der Waals surface area contributed by atoms with E-state index < -0.39 is 41.1 Å². The lowest BCUT2D eigenvalue weighted by Crippen LogP contribution is -2.28. The molecule has 0 saturated carbocycles. The van der Waals surface area contributed by atoms with Crippen molar-refractivity contribution in [3.63, 3.8) is 0 Å². The molecule has 4 rings (SSSR count). The van der Waals surface area contributed by atoms with Crippen LogP contribution in [-0.4, -0.2) is 43.7 Å². The summed E-state index contributed by atoms with van der Waals surface area (Å²) in [6, 6.07) is 14.6. The lowest BCUT2D eigenvalue weighted by atomic mass is 10.1. The van der Waals surface area contributed by atoms with Crippen molar-refractivity contribution < 1.29 is 36.7 Å². The minimum atomic E-state index is -5.44. The Bertz CT molecular complexity index is 1590. The molecule has 2 aromatic carbocycles. The summed E-state index contributed by atoms with van der Waals surface area (Å²) >= 11 is 0. The van der Waals surface area contributed by atoms with Gasteiger partial charge in [0.25, 0.3) is 5.91 Å². The van der Waals surface area contributed by atoms with Crippen LogP contribution in [0.4, 0.5) is 29.1 Å². The van der Waals surface area contributed by atoms with Crippen LogP contribution in [0.25, 0.3) is 11.5 Å². The number of rotatable bonds is 8. The average Bonchev–Trinajstić information content (AvgIpc) is 3.41. The Balaban J connectivity index is 1.64.